The van der Waals surface area contributed by atoms with E-state index in [0.717, 1.165) is 10.2 Å². The van der Waals surface area contributed by atoms with Gasteiger partial charge in [0.15, 0.2) is 0 Å². The molecule has 29 heavy (non-hydrogen) atoms. The molecule has 0 saturated carbocycles. The van der Waals surface area contributed by atoms with Crippen molar-refractivity contribution in [3.63, 3.8) is 0 Å². The molecule has 1 amide bonds. The zero-order chi connectivity index (χ0) is 21.0. The molecule has 3 rings (SSSR count). The summed E-state index contributed by atoms with van der Waals surface area (Å²) >= 11 is 0. The Labute approximate surface area is 167 Å². The summed E-state index contributed by atoms with van der Waals surface area (Å²) in [5.41, 5.74) is 0.705. The Morgan fingerprint density at radius 1 is 1.07 bits per heavy atom. The Morgan fingerprint density at radius 2 is 1.72 bits per heavy atom. The molecule has 0 aliphatic carbocycles. The Balaban J connectivity index is 1.90. The third-order valence-electron chi connectivity index (χ3n) is 4.64. The van der Waals surface area contributed by atoms with Crippen LogP contribution in [0.15, 0.2) is 59.4 Å². The van der Waals surface area contributed by atoms with Gasteiger partial charge in [0.25, 0.3) is 5.56 Å². The number of benzene rings is 2. The maximum atomic E-state index is 12.9. The van der Waals surface area contributed by atoms with Gasteiger partial charge >= 0.3 is 0 Å². The van der Waals surface area contributed by atoms with Gasteiger partial charge in [0, 0.05) is 0 Å². The Bertz CT molecular complexity index is 1080. The number of rotatable bonds is 7. The molecule has 150 valence electrons. The summed E-state index contributed by atoms with van der Waals surface area (Å²) < 4.78 is 1.01. The van der Waals surface area contributed by atoms with Crippen molar-refractivity contribution in [3.05, 3.63) is 70.5 Å². The van der Waals surface area contributed by atoms with Gasteiger partial charge in [-0.05, 0) is 30.0 Å². The Morgan fingerprint density at radius 3 is 2.38 bits per heavy atom. The molecule has 0 radical (unpaired) electrons. The van der Waals surface area contributed by atoms with Crippen molar-refractivity contribution in [2.75, 3.05) is 0 Å². The highest BCUT2D eigenvalue weighted by Crippen LogP contribution is 2.17. The smallest absolute Gasteiger partial charge is 0.278 e. The standard InChI is InChI=1S/C21H22N4O4/c1-13(2)18(25-20(27)15-10-6-7-11-16(15)23-24-25)19(26)22-17(21(28)29)12-14-8-4-3-5-9-14/h3-11,13,17-18H,12H2,1-2H3,(H,22,26)(H,28,29)/p-1/t17-,18-/m0/s1. The van der Waals surface area contributed by atoms with Gasteiger partial charge in [-0.2, -0.15) is 4.68 Å². The van der Waals surface area contributed by atoms with Crippen LogP contribution in [-0.4, -0.2) is 32.9 Å². The highest BCUT2D eigenvalue weighted by molar-refractivity contribution is 5.86. The Kier molecular flexibility index (Phi) is 6.01. The van der Waals surface area contributed by atoms with Crippen LogP contribution in [0.5, 0.6) is 0 Å². The average molecular weight is 393 g/mol. The van der Waals surface area contributed by atoms with Crippen LogP contribution in [-0.2, 0) is 16.0 Å². The lowest BCUT2D eigenvalue weighted by molar-refractivity contribution is -0.308. The second-order valence-corrected chi connectivity index (χ2v) is 7.12. The number of fused-ring (bicyclic) bond motifs is 1. The van der Waals surface area contributed by atoms with E-state index < -0.39 is 29.5 Å². The van der Waals surface area contributed by atoms with E-state index in [0.29, 0.717) is 10.9 Å². The van der Waals surface area contributed by atoms with Crippen LogP contribution < -0.4 is 16.0 Å². The van der Waals surface area contributed by atoms with Gasteiger partial charge in [0.2, 0.25) is 5.91 Å². The van der Waals surface area contributed by atoms with Gasteiger partial charge in [-0.1, -0.05) is 61.5 Å². The minimum atomic E-state index is -1.40. The first kappa shape index (κ1) is 20.2. The summed E-state index contributed by atoms with van der Waals surface area (Å²) in [6.45, 7) is 3.50. The van der Waals surface area contributed by atoms with E-state index in [1.165, 1.54) is 0 Å². The molecule has 0 spiro atoms. The van der Waals surface area contributed by atoms with Crippen LogP contribution >= 0.6 is 0 Å². The van der Waals surface area contributed by atoms with E-state index in [1.807, 2.05) is 6.07 Å². The third kappa shape index (κ3) is 4.48. The predicted octanol–water partition coefficient (Wildman–Crippen LogP) is 0.466. The molecular formula is C21H21N4O4-. The van der Waals surface area contributed by atoms with Crippen LogP contribution in [0.3, 0.4) is 0 Å². The highest BCUT2D eigenvalue weighted by atomic mass is 16.4. The first-order valence-electron chi connectivity index (χ1n) is 9.28. The first-order chi connectivity index (χ1) is 13.9. The van der Waals surface area contributed by atoms with Gasteiger partial charge in [-0.3, -0.25) is 9.59 Å². The number of hydrogen-bond acceptors (Lipinski definition) is 6. The van der Waals surface area contributed by atoms with Crippen molar-refractivity contribution in [2.24, 2.45) is 5.92 Å². The normalized spacial score (nSPS) is 13.2. The molecule has 2 atom stereocenters. The molecular weight excluding hydrogens is 372 g/mol. The molecule has 8 heteroatoms. The van der Waals surface area contributed by atoms with Crippen molar-refractivity contribution in [1.29, 1.82) is 0 Å². The van der Waals surface area contributed by atoms with Gasteiger partial charge in [0.05, 0.1) is 17.4 Å². The van der Waals surface area contributed by atoms with Crippen molar-refractivity contribution in [1.82, 2.24) is 20.3 Å². The van der Waals surface area contributed by atoms with E-state index in [2.05, 4.69) is 15.6 Å². The van der Waals surface area contributed by atoms with Crippen LogP contribution in [0.2, 0.25) is 0 Å². The maximum absolute atomic E-state index is 12.9. The van der Waals surface area contributed by atoms with Gasteiger partial charge < -0.3 is 15.2 Å². The van der Waals surface area contributed by atoms with Crippen LogP contribution in [0.4, 0.5) is 0 Å². The van der Waals surface area contributed by atoms with Gasteiger partial charge in [-0.25, -0.2) is 0 Å². The number of carboxylic acid groups (broad SMARTS) is 1. The predicted molar refractivity (Wildman–Crippen MR) is 105 cm³/mol. The number of aromatic nitrogens is 3. The average Bonchev–Trinajstić information content (AvgIpc) is 2.70. The summed E-state index contributed by atoms with van der Waals surface area (Å²) in [4.78, 5) is 37.4. The monoisotopic (exact) mass is 393 g/mol. The number of carbonyl (C=O) groups excluding carboxylic acids is 2. The molecule has 8 nitrogen and oxygen atoms in total. The second kappa shape index (κ2) is 8.64. The third-order valence-corrected chi connectivity index (χ3v) is 4.64. The molecule has 1 N–H and O–H groups in total. The van der Waals surface area contributed by atoms with Crippen molar-refractivity contribution in [3.8, 4) is 0 Å². The number of nitrogens with one attached hydrogen (secondary N) is 1. The molecule has 1 aromatic heterocycles. The first-order valence-corrected chi connectivity index (χ1v) is 9.28. The minimum absolute atomic E-state index is 0.0675. The van der Waals surface area contributed by atoms with Crippen LogP contribution in [0, 0.1) is 5.92 Å². The molecule has 0 fully saturated rings. The molecule has 2 aromatic carbocycles. The van der Waals surface area contributed by atoms with E-state index in [9.17, 15) is 19.5 Å². The quantitative estimate of drug-likeness (QED) is 0.623. The lowest BCUT2D eigenvalue weighted by atomic mass is 10.0. The fraction of sp³-hybridized carbons (Fsp3) is 0.286. The number of carboxylic acids is 1. The maximum Gasteiger partial charge on any atom is 0.278 e. The van der Waals surface area contributed by atoms with Crippen molar-refractivity contribution in [2.45, 2.75) is 32.4 Å². The number of hydrogen-bond donors (Lipinski definition) is 1. The van der Waals surface area contributed by atoms with Crippen LogP contribution in [0.25, 0.3) is 10.9 Å². The summed E-state index contributed by atoms with van der Waals surface area (Å²) in [6.07, 6.45) is 0.0675. The number of amides is 1. The molecule has 0 unspecified atom stereocenters. The Hall–Kier alpha value is -3.55. The minimum Gasteiger partial charge on any atom is -0.548 e. The van der Waals surface area contributed by atoms with Crippen molar-refractivity contribution < 1.29 is 14.7 Å². The topological polar surface area (TPSA) is 117 Å². The molecule has 0 aliphatic rings. The second-order valence-electron chi connectivity index (χ2n) is 7.12. The zero-order valence-corrected chi connectivity index (χ0v) is 16.1. The largest absolute Gasteiger partial charge is 0.548 e. The van der Waals surface area contributed by atoms with E-state index in [4.69, 9.17) is 0 Å². The number of aliphatic carboxylic acids is 1. The van der Waals surface area contributed by atoms with E-state index >= 15 is 0 Å². The zero-order valence-electron chi connectivity index (χ0n) is 16.1. The van der Waals surface area contributed by atoms with E-state index in [-0.39, 0.29) is 12.3 Å². The molecule has 0 bridgehead atoms. The van der Waals surface area contributed by atoms with Crippen LogP contribution in [0.1, 0.15) is 25.5 Å². The van der Waals surface area contributed by atoms with Gasteiger partial charge in [-0.15, -0.1) is 5.10 Å². The van der Waals surface area contributed by atoms with E-state index in [1.54, 1.807) is 62.4 Å². The molecule has 0 saturated heterocycles. The molecule has 0 aliphatic heterocycles. The fourth-order valence-electron chi connectivity index (χ4n) is 3.18. The summed E-state index contributed by atoms with van der Waals surface area (Å²) in [5, 5.41) is 22.3. The highest BCUT2D eigenvalue weighted by Gasteiger charge is 2.29. The summed E-state index contributed by atoms with van der Waals surface area (Å²) in [5.74, 6) is -2.36. The lowest BCUT2D eigenvalue weighted by Crippen LogP contribution is -2.52. The molecule has 3 aromatic rings. The summed E-state index contributed by atoms with van der Waals surface area (Å²) in [7, 11) is 0. The number of nitrogens with zero attached hydrogens (tertiary/aromatic N) is 3. The fourth-order valence-corrected chi connectivity index (χ4v) is 3.18. The van der Waals surface area contributed by atoms with Gasteiger partial charge in [0.1, 0.15) is 11.6 Å². The number of carbonyl (C=O) groups is 2. The lowest BCUT2D eigenvalue weighted by Gasteiger charge is -2.25. The molecule has 1 heterocycles. The summed E-state index contributed by atoms with van der Waals surface area (Å²) in [6, 6.07) is 13.4. The van der Waals surface area contributed by atoms with Crippen molar-refractivity contribution >= 4 is 22.8 Å². The SMILES string of the molecule is CC(C)[C@@H](C(=O)N[C@@H](Cc1ccccc1)C(=O)[O-])n1nnc2ccccc2c1=O.